The molecule has 0 amide bonds. The summed E-state index contributed by atoms with van der Waals surface area (Å²) in [5, 5.41) is 6.03. The summed E-state index contributed by atoms with van der Waals surface area (Å²) < 4.78 is 2.08. The maximum Gasteiger partial charge on any atom is 0.0958 e. The molecule has 0 spiro atoms. The van der Waals surface area contributed by atoms with Crippen LogP contribution >= 0.6 is 0 Å². The lowest BCUT2D eigenvalue weighted by molar-refractivity contribution is 0.399. The van der Waals surface area contributed by atoms with Gasteiger partial charge in [-0.3, -0.25) is 4.68 Å². The van der Waals surface area contributed by atoms with E-state index >= 15 is 0 Å². The SMILES string of the molecule is Cn1nc2c(CCN)cccc2c1C1CCC1. The number of hydrogen-bond donors (Lipinski definition) is 1. The van der Waals surface area contributed by atoms with Gasteiger partial charge in [-0.25, -0.2) is 0 Å². The third kappa shape index (κ3) is 1.65. The summed E-state index contributed by atoms with van der Waals surface area (Å²) in [6.07, 6.45) is 4.91. The summed E-state index contributed by atoms with van der Waals surface area (Å²) in [4.78, 5) is 0. The van der Waals surface area contributed by atoms with Crippen molar-refractivity contribution in [3.05, 3.63) is 29.5 Å². The van der Waals surface area contributed by atoms with Crippen LogP contribution in [0, 0.1) is 0 Å². The minimum Gasteiger partial charge on any atom is -0.330 e. The molecule has 0 radical (unpaired) electrons. The van der Waals surface area contributed by atoms with E-state index in [1.807, 2.05) is 0 Å². The monoisotopic (exact) mass is 229 g/mol. The molecule has 1 aromatic carbocycles. The smallest absolute Gasteiger partial charge is 0.0958 e. The Hall–Kier alpha value is -1.35. The minimum absolute atomic E-state index is 0.689. The van der Waals surface area contributed by atoms with Crippen molar-refractivity contribution in [3.63, 3.8) is 0 Å². The Labute approximate surface area is 102 Å². The highest BCUT2D eigenvalue weighted by Crippen LogP contribution is 2.39. The van der Waals surface area contributed by atoms with Gasteiger partial charge in [0.25, 0.3) is 0 Å². The first-order valence-corrected chi connectivity index (χ1v) is 6.46. The zero-order chi connectivity index (χ0) is 11.8. The van der Waals surface area contributed by atoms with Gasteiger partial charge < -0.3 is 5.73 Å². The number of nitrogens with two attached hydrogens (primary N) is 1. The van der Waals surface area contributed by atoms with Crippen molar-refractivity contribution in [1.29, 1.82) is 0 Å². The van der Waals surface area contributed by atoms with Crippen LogP contribution in [0.4, 0.5) is 0 Å². The van der Waals surface area contributed by atoms with Gasteiger partial charge in [-0.15, -0.1) is 0 Å². The van der Waals surface area contributed by atoms with E-state index in [0.717, 1.165) is 17.9 Å². The van der Waals surface area contributed by atoms with Gasteiger partial charge in [0, 0.05) is 24.0 Å². The van der Waals surface area contributed by atoms with Crippen molar-refractivity contribution < 1.29 is 0 Å². The highest BCUT2D eigenvalue weighted by molar-refractivity contribution is 5.85. The van der Waals surface area contributed by atoms with Crippen molar-refractivity contribution >= 4 is 10.9 Å². The molecule has 0 saturated heterocycles. The third-order valence-electron chi connectivity index (χ3n) is 3.90. The molecule has 1 fully saturated rings. The van der Waals surface area contributed by atoms with Gasteiger partial charge in [0.15, 0.2) is 0 Å². The third-order valence-corrected chi connectivity index (χ3v) is 3.90. The molecule has 1 saturated carbocycles. The first kappa shape index (κ1) is 10.8. The fourth-order valence-electron chi connectivity index (χ4n) is 2.82. The fourth-order valence-corrected chi connectivity index (χ4v) is 2.82. The minimum atomic E-state index is 0.689. The van der Waals surface area contributed by atoms with Gasteiger partial charge in [-0.2, -0.15) is 5.10 Å². The summed E-state index contributed by atoms with van der Waals surface area (Å²) in [5.41, 5.74) is 9.52. The predicted molar refractivity (Wildman–Crippen MR) is 70.1 cm³/mol. The van der Waals surface area contributed by atoms with Crippen LogP contribution in [0.15, 0.2) is 18.2 Å². The van der Waals surface area contributed by atoms with Crippen LogP contribution in [-0.2, 0) is 13.5 Å². The van der Waals surface area contributed by atoms with Crippen molar-refractivity contribution in [3.8, 4) is 0 Å². The second kappa shape index (κ2) is 4.15. The van der Waals surface area contributed by atoms with Crippen LogP contribution in [0.3, 0.4) is 0 Å². The number of hydrogen-bond acceptors (Lipinski definition) is 2. The van der Waals surface area contributed by atoms with Crippen molar-refractivity contribution in [2.45, 2.75) is 31.6 Å². The van der Waals surface area contributed by atoms with Crippen LogP contribution in [0.25, 0.3) is 10.9 Å². The number of nitrogens with zero attached hydrogens (tertiary/aromatic N) is 2. The maximum absolute atomic E-state index is 5.66. The molecule has 3 nitrogen and oxygen atoms in total. The lowest BCUT2D eigenvalue weighted by Crippen LogP contribution is -2.13. The lowest BCUT2D eigenvalue weighted by Gasteiger charge is -2.25. The Balaban J connectivity index is 2.16. The van der Waals surface area contributed by atoms with E-state index in [2.05, 4.69) is 29.9 Å². The molecule has 1 aromatic heterocycles. The quantitative estimate of drug-likeness (QED) is 0.878. The predicted octanol–water partition coefficient (Wildman–Crippen LogP) is 2.34. The van der Waals surface area contributed by atoms with Crippen molar-refractivity contribution in [1.82, 2.24) is 9.78 Å². The molecule has 1 aliphatic carbocycles. The molecule has 0 aliphatic heterocycles. The molecule has 0 unspecified atom stereocenters. The van der Waals surface area contributed by atoms with Crippen LogP contribution in [0.2, 0.25) is 0 Å². The van der Waals surface area contributed by atoms with Gasteiger partial charge in [-0.1, -0.05) is 24.6 Å². The molecule has 0 bridgehead atoms. The first-order valence-electron chi connectivity index (χ1n) is 6.46. The lowest BCUT2D eigenvalue weighted by atomic mass is 9.81. The number of aromatic nitrogens is 2. The number of fused-ring (bicyclic) bond motifs is 1. The van der Waals surface area contributed by atoms with Gasteiger partial charge in [0.1, 0.15) is 0 Å². The van der Waals surface area contributed by atoms with Crippen LogP contribution in [0.5, 0.6) is 0 Å². The Morgan fingerprint density at radius 3 is 2.88 bits per heavy atom. The molecule has 1 aliphatic rings. The summed E-state index contributed by atoms with van der Waals surface area (Å²) in [6, 6.07) is 6.49. The number of rotatable bonds is 3. The Bertz CT molecular complexity index is 538. The highest BCUT2D eigenvalue weighted by Gasteiger charge is 2.25. The molecule has 2 aromatic rings. The summed E-state index contributed by atoms with van der Waals surface area (Å²) in [7, 11) is 2.07. The van der Waals surface area contributed by atoms with E-state index in [4.69, 9.17) is 10.8 Å². The molecule has 1 heterocycles. The maximum atomic E-state index is 5.66. The number of aryl methyl sites for hydroxylation is 1. The summed E-state index contributed by atoms with van der Waals surface area (Å²) >= 11 is 0. The molecule has 3 rings (SSSR count). The molecule has 90 valence electrons. The molecular formula is C14H19N3. The highest BCUT2D eigenvalue weighted by atomic mass is 15.3. The topological polar surface area (TPSA) is 43.8 Å². The van der Waals surface area contributed by atoms with Crippen molar-refractivity contribution in [2.24, 2.45) is 12.8 Å². The zero-order valence-electron chi connectivity index (χ0n) is 10.3. The summed E-state index contributed by atoms with van der Waals surface area (Å²) in [5.74, 6) is 0.720. The zero-order valence-corrected chi connectivity index (χ0v) is 10.3. The average Bonchev–Trinajstić information content (AvgIpc) is 2.56. The van der Waals surface area contributed by atoms with Crippen LogP contribution in [0.1, 0.15) is 36.4 Å². The van der Waals surface area contributed by atoms with E-state index in [1.165, 1.54) is 35.9 Å². The molecular weight excluding hydrogens is 210 g/mol. The second-order valence-corrected chi connectivity index (χ2v) is 4.99. The molecule has 0 atom stereocenters. The van der Waals surface area contributed by atoms with E-state index in [-0.39, 0.29) is 0 Å². The van der Waals surface area contributed by atoms with E-state index in [9.17, 15) is 0 Å². The van der Waals surface area contributed by atoms with E-state index < -0.39 is 0 Å². The van der Waals surface area contributed by atoms with E-state index in [0.29, 0.717) is 6.54 Å². The number of benzene rings is 1. The van der Waals surface area contributed by atoms with E-state index in [1.54, 1.807) is 0 Å². The largest absolute Gasteiger partial charge is 0.330 e. The summed E-state index contributed by atoms with van der Waals surface area (Å²) in [6.45, 7) is 0.689. The Morgan fingerprint density at radius 2 is 2.24 bits per heavy atom. The standard InChI is InChI=1S/C14H19N3/c1-17-14(11-5-2-6-11)12-7-3-4-10(8-9-15)13(12)16-17/h3-4,7,11H,2,5-6,8-9,15H2,1H3. The Kier molecular flexibility index (Phi) is 2.63. The van der Waals surface area contributed by atoms with Gasteiger partial charge in [-0.05, 0) is 31.4 Å². The normalized spacial score (nSPS) is 16.4. The van der Waals surface area contributed by atoms with Gasteiger partial charge >= 0.3 is 0 Å². The fraction of sp³-hybridized carbons (Fsp3) is 0.500. The van der Waals surface area contributed by atoms with Crippen molar-refractivity contribution in [2.75, 3.05) is 6.54 Å². The molecule has 17 heavy (non-hydrogen) atoms. The molecule has 3 heteroatoms. The second-order valence-electron chi connectivity index (χ2n) is 4.99. The first-order chi connectivity index (χ1) is 8.31. The average molecular weight is 229 g/mol. The molecule has 2 N–H and O–H groups in total. The van der Waals surface area contributed by atoms with Gasteiger partial charge in [0.2, 0.25) is 0 Å². The van der Waals surface area contributed by atoms with Crippen LogP contribution in [-0.4, -0.2) is 16.3 Å². The van der Waals surface area contributed by atoms with Gasteiger partial charge in [0.05, 0.1) is 5.52 Å². The Morgan fingerprint density at radius 1 is 1.41 bits per heavy atom. The van der Waals surface area contributed by atoms with Crippen LogP contribution < -0.4 is 5.73 Å².